The van der Waals surface area contributed by atoms with E-state index in [4.69, 9.17) is 4.74 Å². The summed E-state index contributed by atoms with van der Waals surface area (Å²) < 4.78 is 18.7. The van der Waals surface area contributed by atoms with Gasteiger partial charge in [-0.1, -0.05) is 0 Å². The molecule has 0 spiro atoms. The van der Waals surface area contributed by atoms with Gasteiger partial charge in [0.25, 0.3) is 0 Å². The van der Waals surface area contributed by atoms with Gasteiger partial charge in [-0.3, -0.25) is 0 Å². The van der Waals surface area contributed by atoms with Gasteiger partial charge in [0.1, 0.15) is 0 Å². The Kier molecular flexibility index (Phi) is 2.73. The van der Waals surface area contributed by atoms with E-state index >= 15 is 0 Å². The van der Waals surface area contributed by atoms with E-state index in [0.717, 1.165) is 24.8 Å². The highest BCUT2D eigenvalue weighted by Gasteiger charge is 2.37. The third kappa shape index (κ3) is 1.76. The molecular formula is C11H12BrFO2. The molecule has 15 heavy (non-hydrogen) atoms. The predicted octanol–water partition coefficient (Wildman–Crippen LogP) is 2.97. The minimum Gasteiger partial charge on any atom is -0.494 e. The molecule has 0 atom stereocenters. The summed E-state index contributed by atoms with van der Waals surface area (Å²) in [7, 11) is 1.42. The van der Waals surface area contributed by atoms with Crippen molar-refractivity contribution < 1.29 is 14.2 Å². The number of aliphatic hydroxyl groups is 1. The molecule has 0 aromatic heterocycles. The van der Waals surface area contributed by atoms with E-state index < -0.39 is 11.4 Å². The van der Waals surface area contributed by atoms with E-state index in [-0.39, 0.29) is 5.75 Å². The molecular weight excluding hydrogens is 263 g/mol. The maximum absolute atomic E-state index is 13.4. The molecule has 0 bridgehead atoms. The molecule has 1 aromatic rings. The first-order valence-corrected chi connectivity index (χ1v) is 5.62. The first-order valence-electron chi connectivity index (χ1n) is 4.83. The average Bonchev–Trinajstić information content (AvgIpc) is 2.18. The Bertz CT molecular complexity index is 388. The summed E-state index contributed by atoms with van der Waals surface area (Å²) in [4.78, 5) is 0. The summed E-state index contributed by atoms with van der Waals surface area (Å²) in [6, 6.07) is 3.19. The Labute approximate surface area is 96.2 Å². The molecule has 2 nitrogen and oxygen atoms in total. The van der Waals surface area contributed by atoms with Crippen LogP contribution < -0.4 is 4.74 Å². The van der Waals surface area contributed by atoms with Gasteiger partial charge in [-0.15, -0.1) is 0 Å². The molecule has 0 radical (unpaired) electrons. The van der Waals surface area contributed by atoms with Crippen LogP contribution in [-0.2, 0) is 5.60 Å². The van der Waals surface area contributed by atoms with E-state index in [1.165, 1.54) is 7.11 Å². The summed E-state index contributed by atoms with van der Waals surface area (Å²) >= 11 is 3.12. The molecule has 2 rings (SSSR count). The highest BCUT2D eigenvalue weighted by atomic mass is 79.9. The first kappa shape index (κ1) is 10.9. The number of hydrogen-bond acceptors (Lipinski definition) is 2. The van der Waals surface area contributed by atoms with E-state index in [0.29, 0.717) is 4.47 Å². The van der Waals surface area contributed by atoms with Crippen molar-refractivity contribution in [2.75, 3.05) is 7.11 Å². The third-order valence-corrected chi connectivity index (χ3v) is 3.51. The Morgan fingerprint density at radius 3 is 2.60 bits per heavy atom. The quantitative estimate of drug-likeness (QED) is 0.899. The van der Waals surface area contributed by atoms with Crippen molar-refractivity contribution in [2.45, 2.75) is 24.9 Å². The topological polar surface area (TPSA) is 29.5 Å². The second kappa shape index (κ2) is 3.76. The van der Waals surface area contributed by atoms with Crippen LogP contribution in [0, 0.1) is 5.82 Å². The van der Waals surface area contributed by atoms with Gasteiger partial charge in [0.05, 0.1) is 17.2 Å². The minimum absolute atomic E-state index is 0.166. The number of benzene rings is 1. The fourth-order valence-corrected chi connectivity index (χ4v) is 2.22. The number of rotatable bonds is 2. The second-order valence-electron chi connectivity index (χ2n) is 3.86. The van der Waals surface area contributed by atoms with Crippen LogP contribution in [0.3, 0.4) is 0 Å². The molecule has 1 aromatic carbocycles. The van der Waals surface area contributed by atoms with Crippen LogP contribution in [-0.4, -0.2) is 12.2 Å². The average molecular weight is 275 g/mol. The van der Waals surface area contributed by atoms with E-state index in [1.807, 2.05) is 0 Å². The SMILES string of the molecule is COc1cc(C2(O)CCC2)cc(Br)c1F. The molecule has 1 N–H and O–H groups in total. The van der Waals surface area contributed by atoms with E-state index in [9.17, 15) is 9.50 Å². The molecule has 1 aliphatic carbocycles. The lowest BCUT2D eigenvalue weighted by Crippen LogP contribution is -2.33. The molecule has 1 fully saturated rings. The predicted molar refractivity (Wildman–Crippen MR) is 58.4 cm³/mol. The van der Waals surface area contributed by atoms with E-state index in [2.05, 4.69) is 15.9 Å². The molecule has 0 unspecified atom stereocenters. The zero-order valence-corrected chi connectivity index (χ0v) is 9.97. The Balaban J connectivity index is 2.45. The summed E-state index contributed by atoms with van der Waals surface area (Å²) in [6.45, 7) is 0. The highest BCUT2D eigenvalue weighted by molar-refractivity contribution is 9.10. The second-order valence-corrected chi connectivity index (χ2v) is 4.71. The minimum atomic E-state index is -0.788. The Morgan fingerprint density at radius 1 is 1.47 bits per heavy atom. The van der Waals surface area contributed by atoms with Crippen LogP contribution in [0.1, 0.15) is 24.8 Å². The Morgan fingerprint density at radius 2 is 2.13 bits per heavy atom. The van der Waals surface area contributed by atoms with Crippen LogP contribution >= 0.6 is 15.9 Å². The normalized spacial score (nSPS) is 18.4. The zero-order chi connectivity index (χ0) is 11.1. The summed E-state index contributed by atoms with van der Waals surface area (Å²) in [5, 5.41) is 10.1. The lowest BCUT2D eigenvalue weighted by molar-refractivity contribution is -0.0390. The molecule has 0 heterocycles. The first-order chi connectivity index (χ1) is 7.07. The Hall–Kier alpha value is -0.610. The van der Waals surface area contributed by atoms with Gasteiger partial charge in [-0.05, 0) is 52.9 Å². The lowest BCUT2D eigenvalue weighted by atomic mass is 9.75. The number of halogens is 2. The fourth-order valence-electron chi connectivity index (χ4n) is 1.78. The fraction of sp³-hybridized carbons (Fsp3) is 0.455. The van der Waals surface area contributed by atoms with Crippen molar-refractivity contribution in [3.8, 4) is 5.75 Å². The molecule has 0 amide bonds. The van der Waals surface area contributed by atoms with Crippen LogP contribution in [0.4, 0.5) is 4.39 Å². The number of hydrogen-bond donors (Lipinski definition) is 1. The van der Waals surface area contributed by atoms with E-state index in [1.54, 1.807) is 12.1 Å². The van der Waals surface area contributed by atoms with Gasteiger partial charge in [0, 0.05) is 0 Å². The van der Waals surface area contributed by atoms with Gasteiger partial charge < -0.3 is 9.84 Å². The van der Waals surface area contributed by atoms with Crippen molar-refractivity contribution in [3.05, 3.63) is 28.0 Å². The molecule has 4 heteroatoms. The number of ether oxygens (including phenoxy) is 1. The summed E-state index contributed by atoms with van der Waals surface area (Å²) in [5.41, 5.74) is -0.0670. The van der Waals surface area contributed by atoms with Crippen molar-refractivity contribution in [1.82, 2.24) is 0 Å². The van der Waals surface area contributed by atoms with Gasteiger partial charge in [0.15, 0.2) is 11.6 Å². The zero-order valence-electron chi connectivity index (χ0n) is 8.39. The van der Waals surface area contributed by atoms with Gasteiger partial charge >= 0.3 is 0 Å². The molecule has 1 saturated carbocycles. The van der Waals surface area contributed by atoms with Crippen LogP contribution in [0.25, 0.3) is 0 Å². The molecule has 1 aliphatic rings. The van der Waals surface area contributed by atoms with Gasteiger partial charge in [-0.25, -0.2) is 4.39 Å². The lowest BCUT2D eigenvalue weighted by Gasteiger charge is -2.37. The number of methoxy groups -OCH3 is 1. The van der Waals surface area contributed by atoms with Crippen LogP contribution in [0.5, 0.6) is 5.75 Å². The third-order valence-electron chi connectivity index (χ3n) is 2.93. The van der Waals surface area contributed by atoms with Crippen LogP contribution in [0.15, 0.2) is 16.6 Å². The van der Waals surface area contributed by atoms with Crippen molar-refractivity contribution >= 4 is 15.9 Å². The monoisotopic (exact) mass is 274 g/mol. The maximum atomic E-state index is 13.4. The van der Waals surface area contributed by atoms with Crippen molar-refractivity contribution in [2.24, 2.45) is 0 Å². The van der Waals surface area contributed by atoms with Gasteiger partial charge in [-0.2, -0.15) is 0 Å². The van der Waals surface area contributed by atoms with Crippen molar-refractivity contribution in [1.29, 1.82) is 0 Å². The van der Waals surface area contributed by atoms with Gasteiger partial charge in [0.2, 0.25) is 0 Å². The molecule has 0 aliphatic heterocycles. The standard InChI is InChI=1S/C11H12BrFO2/c1-15-9-6-7(5-8(12)10(9)13)11(14)3-2-4-11/h5-6,14H,2-4H2,1H3. The summed E-state index contributed by atoms with van der Waals surface area (Å²) in [5.74, 6) is -0.260. The van der Waals surface area contributed by atoms with Crippen LogP contribution in [0.2, 0.25) is 0 Å². The summed E-state index contributed by atoms with van der Waals surface area (Å²) in [6.07, 6.45) is 2.47. The highest BCUT2D eigenvalue weighted by Crippen LogP contribution is 2.43. The maximum Gasteiger partial charge on any atom is 0.179 e. The smallest absolute Gasteiger partial charge is 0.179 e. The molecule has 82 valence electrons. The van der Waals surface area contributed by atoms with Crippen molar-refractivity contribution in [3.63, 3.8) is 0 Å². The molecule has 0 saturated heterocycles. The largest absolute Gasteiger partial charge is 0.494 e.